The molecular formula is C25H24ClF3N2O5S2. The fourth-order valence-electron chi connectivity index (χ4n) is 3.54. The minimum absolute atomic E-state index is 0.0818. The van der Waals surface area contributed by atoms with Gasteiger partial charge in [-0.3, -0.25) is 9.10 Å². The Morgan fingerprint density at radius 2 is 1.50 bits per heavy atom. The number of nitrogens with one attached hydrogen (secondary N) is 1. The summed E-state index contributed by atoms with van der Waals surface area (Å²) in [5, 5.41) is 1.98. The van der Waals surface area contributed by atoms with Crippen molar-refractivity contribution in [2.24, 2.45) is 0 Å². The highest BCUT2D eigenvalue weighted by molar-refractivity contribution is 7.93. The zero-order valence-electron chi connectivity index (χ0n) is 20.5. The molecule has 0 saturated heterocycles. The van der Waals surface area contributed by atoms with E-state index in [9.17, 15) is 34.8 Å². The molecule has 0 aliphatic rings. The van der Waals surface area contributed by atoms with Crippen molar-refractivity contribution in [2.45, 2.75) is 35.9 Å². The lowest BCUT2D eigenvalue weighted by molar-refractivity contribution is -0.137. The molecule has 0 spiro atoms. The summed E-state index contributed by atoms with van der Waals surface area (Å²) in [5.41, 5.74) is -0.359. The molecule has 13 heteroatoms. The zero-order chi connectivity index (χ0) is 28.5. The lowest BCUT2D eigenvalue weighted by Gasteiger charge is -2.26. The van der Waals surface area contributed by atoms with Crippen LogP contribution in [0.5, 0.6) is 0 Å². The molecule has 0 aliphatic carbocycles. The molecule has 0 fully saturated rings. The van der Waals surface area contributed by atoms with E-state index >= 15 is 0 Å². The van der Waals surface area contributed by atoms with Crippen LogP contribution in [-0.4, -0.2) is 35.5 Å². The minimum Gasteiger partial charge on any atom is -0.348 e. The highest BCUT2D eigenvalue weighted by atomic mass is 35.5. The molecule has 204 valence electrons. The number of rotatable bonds is 8. The van der Waals surface area contributed by atoms with Gasteiger partial charge in [0.2, 0.25) is 5.91 Å². The number of carbonyl (C=O) groups excluding carboxylic acids is 1. The van der Waals surface area contributed by atoms with E-state index in [4.69, 9.17) is 11.6 Å². The number of aryl methyl sites for hydroxylation is 1. The van der Waals surface area contributed by atoms with Gasteiger partial charge in [-0.25, -0.2) is 16.8 Å². The van der Waals surface area contributed by atoms with E-state index in [1.807, 2.05) is 0 Å². The monoisotopic (exact) mass is 588 g/mol. The number of hydrogen-bond donors (Lipinski definition) is 1. The van der Waals surface area contributed by atoms with Crippen LogP contribution >= 0.6 is 11.6 Å². The Morgan fingerprint density at radius 1 is 0.947 bits per heavy atom. The minimum atomic E-state index is -4.86. The predicted octanol–water partition coefficient (Wildman–Crippen LogP) is 5.14. The largest absolute Gasteiger partial charge is 0.417 e. The van der Waals surface area contributed by atoms with Crippen LogP contribution in [0.2, 0.25) is 5.02 Å². The molecule has 0 aromatic heterocycles. The smallest absolute Gasteiger partial charge is 0.348 e. The Labute approximate surface area is 224 Å². The quantitative estimate of drug-likeness (QED) is 0.393. The number of anilines is 1. The van der Waals surface area contributed by atoms with Crippen LogP contribution in [0.1, 0.15) is 29.7 Å². The molecule has 0 radical (unpaired) electrons. The summed E-state index contributed by atoms with van der Waals surface area (Å²) < 4.78 is 91.4. The second-order valence-electron chi connectivity index (χ2n) is 8.62. The van der Waals surface area contributed by atoms with Crippen LogP contribution in [0.4, 0.5) is 18.9 Å². The maximum absolute atomic E-state index is 13.5. The van der Waals surface area contributed by atoms with Crippen molar-refractivity contribution in [3.63, 3.8) is 0 Å². The molecule has 0 aliphatic heterocycles. The van der Waals surface area contributed by atoms with Crippen molar-refractivity contribution in [3.8, 4) is 0 Å². The summed E-state index contributed by atoms with van der Waals surface area (Å²) in [6.07, 6.45) is -3.81. The van der Waals surface area contributed by atoms with Gasteiger partial charge >= 0.3 is 6.18 Å². The first-order valence-corrected chi connectivity index (χ1v) is 14.8. The van der Waals surface area contributed by atoms with Gasteiger partial charge in [0.05, 0.1) is 32.1 Å². The number of sulfone groups is 1. The SMILES string of the molecule is Cc1ccc(S(=O)(=O)N(CC(=O)N[C@H](C)c2ccc(S(C)(=O)=O)cc2)c2ccc(Cl)c(C(F)(F)F)c2)cc1. The molecule has 3 aromatic carbocycles. The third-order valence-corrected chi connectivity index (χ3v) is 8.87. The lowest BCUT2D eigenvalue weighted by Crippen LogP contribution is -2.41. The summed E-state index contributed by atoms with van der Waals surface area (Å²) in [4.78, 5) is 12.8. The number of carbonyl (C=O) groups is 1. The van der Waals surface area contributed by atoms with Gasteiger partial charge in [0.15, 0.2) is 9.84 Å². The maximum atomic E-state index is 13.5. The molecule has 3 aromatic rings. The van der Waals surface area contributed by atoms with Gasteiger partial charge in [-0.1, -0.05) is 41.4 Å². The Balaban J connectivity index is 1.96. The van der Waals surface area contributed by atoms with Crippen LogP contribution in [0.25, 0.3) is 0 Å². The summed E-state index contributed by atoms with van der Waals surface area (Å²) >= 11 is 5.71. The Bertz CT molecular complexity index is 1540. The van der Waals surface area contributed by atoms with Gasteiger partial charge in [0.25, 0.3) is 10.0 Å². The molecule has 1 N–H and O–H groups in total. The van der Waals surface area contributed by atoms with Crippen LogP contribution in [-0.2, 0) is 30.8 Å². The fraction of sp³-hybridized carbons (Fsp3) is 0.240. The maximum Gasteiger partial charge on any atom is 0.417 e. The molecule has 0 heterocycles. The summed E-state index contributed by atoms with van der Waals surface area (Å²) in [6, 6.07) is 13.3. The number of nitrogens with zero attached hydrogens (tertiary/aromatic N) is 1. The fourth-order valence-corrected chi connectivity index (χ4v) is 5.81. The molecule has 0 bridgehead atoms. The molecule has 38 heavy (non-hydrogen) atoms. The average molecular weight is 589 g/mol. The van der Waals surface area contributed by atoms with Crippen LogP contribution < -0.4 is 9.62 Å². The van der Waals surface area contributed by atoms with Crippen molar-refractivity contribution in [1.82, 2.24) is 5.32 Å². The lowest BCUT2D eigenvalue weighted by atomic mass is 10.1. The van der Waals surface area contributed by atoms with E-state index in [1.165, 1.54) is 48.5 Å². The standard InChI is InChI=1S/C25H24ClF3N2O5S2/c1-16-4-9-21(10-5-16)38(35,36)31(19-8-13-23(26)22(14-19)25(27,28)29)15-24(32)30-17(2)18-6-11-20(12-7-18)37(3,33)34/h4-14,17H,15H2,1-3H3,(H,30,32)/t17-/m1/s1. The van der Waals surface area contributed by atoms with E-state index < -0.39 is 60.8 Å². The number of alkyl halides is 3. The van der Waals surface area contributed by atoms with Gasteiger partial charge in [-0.2, -0.15) is 13.2 Å². The normalized spacial score (nSPS) is 13.1. The van der Waals surface area contributed by atoms with Crippen LogP contribution in [0.3, 0.4) is 0 Å². The molecule has 0 saturated carbocycles. The number of amides is 1. The molecular weight excluding hydrogens is 565 g/mol. The molecule has 1 atom stereocenters. The van der Waals surface area contributed by atoms with E-state index in [1.54, 1.807) is 13.8 Å². The Hall–Kier alpha value is -3.09. The summed E-state index contributed by atoms with van der Waals surface area (Å²) in [5.74, 6) is -0.802. The second-order valence-corrected chi connectivity index (χ2v) is 12.9. The summed E-state index contributed by atoms with van der Waals surface area (Å²) in [7, 11) is -7.90. The number of hydrogen-bond acceptors (Lipinski definition) is 5. The van der Waals surface area contributed by atoms with E-state index in [0.29, 0.717) is 15.9 Å². The Morgan fingerprint density at radius 3 is 2.03 bits per heavy atom. The third-order valence-electron chi connectivity index (χ3n) is 5.63. The van der Waals surface area contributed by atoms with Crippen molar-refractivity contribution < 1.29 is 34.8 Å². The topological polar surface area (TPSA) is 101 Å². The molecule has 7 nitrogen and oxygen atoms in total. The van der Waals surface area contributed by atoms with E-state index in [2.05, 4.69) is 5.32 Å². The molecule has 1 amide bonds. The number of halogens is 4. The predicted molar refractivity (Wildman–Crippen MR) is 138 cm³/mol. The van der Waals surface area contributed by atoms with Crippen molar-refractivity contribution in [3.05, 3.63) is 88.4 Å². The number of benzene rings is 3. The van der Waals surface area contributed by atoms with Crippen LogP contribution in [0.15, 0.2) is 76.5 Å². The first-order chi connectivity index (χ1) is 17.5. The Kier molecular flexibility index (Phi) is 8.49. The third kappa shape index (κ3) is 6.86. The van der Waals surface area contributed by atoms with Gasteiger partial charge in [0.1, 0.15) is 6.54 Å². The second kappa shape index (κ2) is 11.0. The van der Waals surface area contributed by atoms with Crippen LogP contribution in [0, 0.1) is 6.92 Å². The van der Waals surface area contributed by atoms with Gasteiger partial charge in [-0.05, 0) is 61.9 Å². The summed E-state index contributed by atoms with van der Waals surface area (Å²) in [6.45, 7) is 2.50. The first kappa shape index (κ1) is 29.5. The van der Waals surface area contributed by atoms with Gasteiger partial charge in [-0.15, -0.1) is 0 Å². The average Bonchev–Trinajstić information content (AvgIpc) is 2.82. The van der Waals surface area contributed by atoms with Gasteiger partial charge in [0, 0.05) is 6.26 Å². The number of sulfonamides is 1. The zero-order valence-corrected chi connectivity index (χ0v) is 22.8. The van der Waals surface area contributed by atoms with E-state index in [-0.39, 0.29) is 9.79 Å². The first-order valence-electron chi connectivity index (χ1n) is 11.1. The van der Waals surface area contributed by atoms with Crippen molar-refractivity contribution >= 4 is 43.1 Å². The van der Waals surface area contributed by atoms with Gasteiger partial charge < -0.3 is 5.32 Å². The van der Waals surface area contributed by atoms with E-state index in [0.717, 1.165) is 24.0 Å². The highest BCUT2D eigenvalue weighted by Crippen LogP contribution is 2.38. The van der Waals surface area contributed by atoms with Crippen molar-refractivity contribution in [2.75, 3.05) is 17.1 Å². The molecule has 3 rings (SSSR count). The highest BCUT2D eigenvalue weighted by Gasteiger charge is 2.35. The van der Waals surface area contributed by atoms with Crippen molar-refractivity contribution in [1.29, 1.82) is 0 Å². The molecule has 0 unspecified atom stereocenters.